The number of nitrogens with two attached hydrogens (primary N) is 1. The molecular formula is C20H26N6O3S. The Balaban J connectivity index is 1.51. The van der Waals surface area contributed by atoms with Crippen molar-refractivity contribution < 1.29 is 13.2 Å². The molecule has 4 N–H and O–H groups in total. The van der Waals surface area contributed by atoms with E-state index in [2.05, 4.69) is 25.3 Å². The number of nitrogens with one attached hydrogen (secondary N) is 2. The Kier molecular flexibility index (Phi) is 6.26. The summed E-state index contributed by atoms with van der Waals surface area (Å²) in [5.41, 5.74) is 2.52. The number of primary sulfonamides is 1. The molecule has 10 heteroatoms. The lowest BCUT2D eigenvalue weighted by atomic mass is 9.87. The molecule has 1 fully saturated rings. The summed E-state index contributed by atoms with van der Waals surface area (Å²) in [5, 5.41) is 8.50. The maximum Gasteiger partial charge on any atom is 0.238 e. The molecule has 0 bridgehead atoms. The average Bonchev–Trinajstić information content (AvgIpc) is 3.22. The largest absolute Gasteiger partial charge is 0.377 e. The fraction of sp³-hybridized carbons (Fsp3) is 0.450. The van der Waals surface area contributed by atoms with Crippen LogP contribution in [0.1, 0.15) is 44.1 Å². The van der Waals surface area contributed by atoms with Gasteiger partial charge >= 0.3 is 0 Å². The molecule has 160 valence electrons. The van der Waals surface area contributed by atoms with Crippen LogP contribution in [0.5, 0.6) is 0 Å². The summed E-state index contributed by atoms with van der Waals surface area (Å²) in [4.78, 5) is 15.5. The van der Waals surface area contributed by atoms with Gasteiger partial charge in [-0.2, -0.15) is 0 Å². The molecule has 0 amide bonds. The van der Waals surface area contributed by atoms with E-state index in [1.807, 2.05) is 0 Å². The fourth-order valence-corrected chi connectivity index (χ4v) is 4.41. The predicted molar refractivity (Wildman–Crippen MR) is 114 cm³/mol. The molecule has 4 rings (SSSR count). The molecule has 0 radical (unpaired) electrons. The molecule has 0 atom stereocenters. The molecule has 1 aliphatic rings. The topological polar surface area (TPSA) is 136 Å². The number of aromatic amines is 1. The van der Waals surface area contributed by atoms with Crippen molar-refractivity contribution in [3.05, 3.63) is 36.4 Å². The number of sulfonamides is 1. The number of hydrogen-bond acceptors (Lipinski definition) is 7. The highest BCUT2D eigenvalue weighted by atomic mass is 32.2. The van der Waals surface area contributed by atoms with E-state index in [4.69, 9.17) is 9.88 Å². The third-order valence-electron chi connectivity index (χ3n) is 5.54. The van der Waals surface area contributed by atoms with Gasteiger partial charge < -0.3 is 15.0 Å². The standard InChI is InChI=1S/C20H26N6O3S/c21-30(27,28)16-7-6-15(11-29-9-8-14-4-2-1-3-5-14)17(10-16)26-20-18-19(23-12-22-18)24-13-25-20/h6-7,10,12-14H,1-5,8-9,11H2,(H2,21,27,28)(H2,22,23,24,25,26). The molecule has 1 aliphatic carbocycles. The number of anilines is 2. The normalized spacial score (nSPS) is 15.5. The highest BCUT2D eigenvalue weighted by Gasteiger charge is 2.16. The molecule has 9 nitrogen and oxygen atoms in total. The second-order valence-electron chi connectivity index (χ2n) is 7.66. The molecule has 2 heterocycles. The average molecular weight is 431 g/mol. The first kappa shape index (κ1) is 20.7. The van der Waals surface area contributed by atoms with Gasteiger partial charge in [-0.1, -0.05) is 38.2 Å². The molecule has 0 saturated heterocycles. The van der Waals surface area contributed by atoms with Gasteiger partial charge in [0.05, 0.1) is 17.8 Å². The number of nitrogens with zero attached hydrogens (tertiary/aromatic N) is 3. The van der Waals surface area contributed by atoms with Gasteiger partial charge in [0.2, 0.25) is 10.0 Å². The van der Waals surface area contributed by atoms with Gasteiger partial charge in [-0.05, 0) is 24.5 Å². The lowest BCUT2D eigenvalue weighted by Crippen LogP contribution is -2.13. The summed E-state index contributed by atoms with van der Waals surface area (Å²) in [6, 6.07) is 4.71. The van der Waals surface area contributed by atoms with Gasteiger partial charge in [0.15, 0.2) is 11.5 Å². The highest BCUT2D eigenvalue weighted by Crippen LogP contribution is 2.28. The second kappa shape index (κ2) is 9.07. The molecule has 1 saturated carbocycles. The van der Waals surface area contributed by atoms with E-state index >= 15 is 0 Å². The van der Waals surface area contributed by atoms with Crippen molar-refractivity contribution in [1.29, 1.82) is 0 Å². The maximum absolute atomic E-state index is 11.8. The van der Waals surface area contributed by atoms with E-state index in [1.165, 1.54) is 56.9 Å². The summed E-state index contributed by atoms with van der Waals surface area (Å²) < 4.78 is 29.6. The molecule has 0 aliphatic heterocycles. The number of aromatic nitrogens is 4. The predicted octanol–water partition coefficient (Wildman–Crippen LogP) is 3.23. The summed E-state index contributed by atoms with van der Waals surface area (Å²) in [6.07, 6.45) is 10.5. The van der Waals surface area contributed by atoms with Crippen LogP contribution in [-0.4, -0.2) is 35.0 Å². The van der Waals surface area contributed by atoms with Crippen LogP contribution in [0.4, 0.5) is 11.5 Å². The number of H-pyrrole nitrogens is 1. The monoisotopic (exact) mass is 430 g/mol. The number of rotatable bonds is 8. The van der Waals surface area contributed by atoms with Gasteiger partial charge in [0, 0.05) is 17.9 Å². The van der Waals surface area contributed by atoms with Gasteiger partial charge in [-0.3, -0.25) is 0 Å². The van der Waals surface area contributed by atoms with Crippen molar-refractivity contribution in [2.75, 3.05) is 11.9 Å². The van der Waals surface area contributed by atoms with Crippen LogP contribution in [0.25, 0.3) is 11.2 Å². The fourth-order valence-electron chi connectivity index (χ4n) is 3.87. The van der Waals surface area contributed by atoms with Crippen molar-refractivity contribution in [1.82, 2.24) is 19.9 Å². The zero-order valence-corrected chi connectivity index (χ0v) is 17.5. The van der Waals surface area contributed by atoms with Crippen LogP contribution in [0, 0.1) is 5.92 Å². The first-order chi connectivity index (χ1) is 14.5. The molecular weight excluding hydrogens is 404 g/mol. The lowest BCUT2D eigenvalue weighted by Gasteiger charge is -2.21. The quantitative estimate of drug-likeness (QED) is 0.467. The van der Waals surface area contributed by atoms with Crippen molar-refractivity contribution in [2.45, 2.75) is 50.0 Å². The third kappa shape index (κ3) is 4.94. The molecule has 30 heavy (non-hydrogen) atoms. The molecule has 3 aromatic rings. The van der Waals surface area contributed by atoms with Crippen LogP contribution in [-0.2, 0) is 21.4 Å². The number of ether oxygens (including phenoxy) is 1. The minimum Gasteiger partial charge on any atom is -0.377 e. The second-order valence-corrected chi connectivity index (χ2v) is 9.22. The van der Waals surface area contributed by atoms with E-state index in [0.29, 0.717) is 35.9 Å². The summed E-state index contributed by atoms with van der Waals surface area (Å²) in [7, 11) is -3.84. The van der Waals surface area contributed by atoms with Crippen LogP contribution >= 0.6 is 0 Å². The minimum absolute atomic E-state index is 0.0193. The summed E-state index contributed by atoms with van der Waals surface area (Å²) in [6.45, 7) is 1.04. The van der Waals surface area contributed by atoms with E-state index < -0.39 is 10.0 Å². The van der Waals surface area contributed by atoms with Gasteiger partial charge in [0.25, 0.3) is 0 Å². The molecule has 1 aromatic carbocycles. The Morgan fingerprint density at radius 2 is 2.00 bits per heavy atom. The zero-order valence-electron chi connectivity index (χ0n) is 16.7. The van der Waals surface area contributed by atoms with Crippen LogP contribution in [0.15, 0.2) is 35.7 Å². The highest BCUT2D eigenvalue weighted by molar-refractivity contribution is 7.89. The van der Waals surface area contributed by atoms with Crippen molar-refractivity contribution in [3.63, 3.8) is 0 Å². The number of imidazole rings is 1. The van der Waals surface area contributed by atoms with Crippen molar-refractivity contribution >= 4 is 32.7 Å². The van der Waals surface area contributed by atoms with E-state index in [-0.39, 0.29) is 4.90 Å². The van der Waals surface area contributed by atoms with Crippen molar-refractivity contribution in [2.24, 2.45) is 11.1 Å². The Labute approximate surface area is 175 Å². The van der Waals surface area contributed by atoms with E-state index in [1.54, 1.807) is 6.07 Å². The first-order valence-corrected chi connectivity index (χ1v) is 11.7. The van der Waals surface area contributed by atoms with Crippen LogP contribution in [0.2, 0.25) is 0 Å². The van der Waals surface area contributed by atoms with E-state index in [9.17, 15) is 8.42 Å². The van der Waals surface area contributed by atoms with Gasteiger partial charge in [-0.15, -0.1) is 0 Å². The van der Waals surface area contributed by atoms with Gasteiger partial charge in [-0.25, -0.2) is 28.5 Å². The lowest BCUT2D eigenvalue weighted by molar-refractivity contribution is 0.102. The third-order valence-corrected chi connectivity index (χ3v) is 6.45. The minimum atomic E-state index is -3.84. The van der Waals surface area contributed by atoms with E-state index in [0.717, 1.165) is 17.9 Å². The Morgan fingerprint density at radius 1 is 1.17 bits per heavy atom. The maximum atomic E-state index is 11.8. The molecule has 2 aromatic heterocycles. The molecule has 0 spiro atoms. The van der Waals surface area contributed by atoms with Crippen molar-refractivity contribution in [3.8, 4) is 0 Å². The number of benzene rings is 1. The number of hydrogen-bond donors (Lipinski definition) is 3. The number of fused-ring (bicyclic) bond motifs is 1. The zero-order chi connectivity index (χ0) is 21.0. The SMILES string of the molecule is NS(=O)(=O)c1ccc(COCCC2CCCCC2)c(Nc2ncnc3nc[nH]c23)c1. The van der Waals surface area contributed by atoms with Crippen LogP contribution in [0.3, 0.4) is 0 Å². The summed E-state index contributed by atoms with van der Waals surface area (Å²) in [5.74, 6) is 1.24. The Hall–Kier alpha value is -2.56. The molecule has 0 unspecified atom stereocenters. The van der Waals surface area contributed by atoms with Gasteiger partial charge in [0.1, 0.15) is 11.8 Å². The van der Waals surface area contributed by atoms with Crippen LogP contribution < -0.4 is 10.5 Å². The smallest absolute Gasteiger partial charge is 0.238 e. The Morgan fingerprint density at radius 3 is 2.80 bits per heavy atom. The first-order valence-electron chi connectivity index (χ1n) is 10.2. The Bertz CT molecular complexity index is 1110. The summed E-state index contributed by atoms with van der Waals surface area (Å²) >= 11 is 0.